The van der Waals surface area contributed by atoms with E-state index in [4.69, 9.17) is 5.11 Å². The maximum absolute atomic E-state index is 11.6. The Morgan fingerprint density at radius 2 is 2.19 bits per heavy atom. The van der Waals surface area contributed by atoms with Crippen LogP contribution < -0.4 is 5.56 Å². The normalized spacial score (nSPS) is 10.0. The maximum Gasteiger partial charge on any atom is 0.336 e. The van der Waals surface area contributed by atoms with E-state index in [9.17, 15) is 9.59 Å². The topological polar surface area (TPSA) is 83.0 Å². The van der Waals surface area contributed by atoms with Gasteiger partial charge in [-0.05, 0) is 12.1 Å². The molecule has 2 heterocycles. The molecule has 2 rings (SSSR count). The lowest BCUT2D eigenvalue weighted by Gasteiger charge is -2.03. The minimum atomic E-state index is -1.13. The van der Waals surface area contributed by atoms with E-state index in [0.717, 1.165) is 0 Å². The Morgan fingerprint density at radius 1 is 1.38 bits per heavy atom. The Labute approximate surface area is 90.4 Å². The van der Waals surface area contributed by atoms with Crippen molar-refractivity contribution in [3.63, 3.8) is 0 Å². The van der Waals surface area contributed by atoms with Crippen molar-refractivity contribution in [2.24, 2.45) is 0 Å². The molecule has 2 aromatic rings. The van der Waals surface area contributed by atoms with Gasteiger partial charge in [-0.15, -0.1) is 0 Å². The average Bonchev–Trinajstić information content (AvgIpc) is 2.29. The van der Waals surface area contributed by atoms with Crippen molar-refractivity contribution in [3.05, 3.63) is 52.7 Å². The number of rotatable bonds is 2. The summed E-state index contributed by atoms with van der Waals surface area (Å²) in [5.41, 5.74) is 0.148. The predicted octanol–water partition coefficient (Wildman–Crippen LogP) is 1.14. The Bertz CT molecular complexity index is 575. The highest BCUT2D eigenvalue weighted by molar-refractivity contribution is 5.95. The number of nitrogens with one attached hydrogen (secondary N) is 1. The lowest BCUT2D eigenvalue weighted by molar-refractivity contribution is 0.0697. The Kier molecular flexibility index (Phi) is 2.51. The Balaban J connectivity index is 2.74. The molecule has 0 fully saturated rings. The van der Waals surface area contributed by atoms with E-state index in [1.165, 1.54) is 18.5 Å². The second-order valence-electron chi connectivity index (χ2n) is 3.14. The molecular weight excluding hydrogens is 208 g/mol. The van der Waals surface area contributed by atoms with E-state index in [-0.39, 0.29) is 11.1 Å². The highest BCUT2D eigenvalue weighted by Gasteiger charge is 2.14. The van der Waals surface area contributed by atoms with Crippen molar-refractivity contribution in [1.29, 1.82) is 0 Å². The number of pyridine rings is 2. The largest absolute Gasteiger partial charge is 0.478 e. The number of carboxylic acid groups (broad SMARTS) is 1. The molecule has 16 heavy (non-hydrogen) atoms. The third kappa shape index (κ3) is 1.70. The Morgan fingerprint density at radius 3 is 2.81 bits per heavy atom. The second-order valence-corrected chi connectivity index (χ2v) is 3.14. The number of hydrogen-bond acceptors (Lipinski definition) is 3. The number of H-pyrrole nitrogens is 1. The molecule has 0 atom stereocenters. The van der Waals surface area contributed by atoms with Crippen molar-refractivity contribution >= 4 is 5.97 Å². The molecule has 2 aromatic heterocycles. The van der Waals surface area contributed by atoms with Gasteiger partial charge in [0.15, 0.2) is 0 Å². The maximum atomic E-state index is 11.6. The number of aromatic nitrogens is 2. The zero-order chi connectivity index (χ0) is 11.5. The van der Waals surface area contributed by atoms with Crippen LogP contribution in [0.15, 0.2) is 41.6 Å². The van der Waals surface area contributed by atoms with Gasteiger partial charge < -0.3 is 10.1 Å². The van der Waals surface area contributed by atoms with Crippen molar-refractivity contribution in [2.75, 3.05) is 0 Å². The van der Waals surface area contributed by atoms with Crippen LogP contribution in [0.2, 0.25) is 0 Å². The van der Waals surface area contributed by atoms with E-state index < -0.39 is 11.5 Å². The second kappa shape index (κ2) is 3.98. The molecule has 0 spiro atoms. The van der Waals surface area contributed by atoms with Crippen molar-refractivity contribution in [2.45, 2.75) is 0 Å². The first-order valence-electron chi connectivity index (χ1n) is 4.55. The van der Waals surface area contributed by atoms with Gasteiger partial charge in [-0.2, -0.15) is 0 Å². The highest BCUT2D eigenvalue weighted by Crippen LogP contribution is 2.17. The number of nitrogens with zero attached hydrogens (tertiary/aromatic N) is 1. The molecular formula is C11H8N2O3. The van der Waals surface area contributed by atoms with Crippen LogP contribution in [-0.4, -0.2) is 21.0 Å². The van der Waals surface area contributed by atoms with Crippen molar-refractivity contribution < 1.29 is 9.90 Å². The molecule has 0 bridgehead atoms. The van der Waals surface area contributed by atoms with Gasteiger partial charge in [-0.1, -0.05) is 6.07 Å². The summed E-state index contributed by atoms with van der Waals surface area (Å²) in [5.74, 6) is -1.13. The minimum absolute atomic E-state index is 0.0308. The summed E-state index contributed by atoms with van der Waals surface area (Å²) >= 11 is 0. The van der Waals surface area contributed by atoms with E-state index in [1.54, 1.807) is 18.3 Å². The summed E-state index contributed by atoms with van der Waals surface area (Å²) in [5, 5.41) is 8.98. The molecule has 0 radical (unpaired) electrons. The van der Waals surface area contributed by atoms with Gasteiger partial charge in [0.1, 0.15) is 0 Å². The molecule has 0 aliphatic rings. The van der Waals surface area contributed by atoms with Crippen LogP contribution in [-0.2, 0) is 0 Å². The lowest BCUT2D eigenvalue weighted by Crippen LogP contribution is -2.14. The lowest BCUT2D eigenvalue weighted by atomic mass is 10.0. The summed E-state index contributed by atoms with van der Waals surface area (Å²) in [6.07, 6.45) is 4.32. The van der Waals surface area contributed by atoms with E-state index in [1.807, 2.05) is 0 Å². The molecule has 0 saturated heterocycles. The fourth-order valence-corrected chi connectivity index (χ4v) is 1.45. The van der Waals surface area contributed by atoms with Crippen LogP contribution in [0, 0.1) is 0 Å². The van der Waals surface area contributed by atoms with Crippen LogP contribution >= 0.6 is 0 Å². The van der Waals surface area contributed by atoms with Crippen LogP contribution in [0.5, 0.6) is 0 Å². The fourth-order valence-electron chi connectivity index (χ4n) is 1.45. The number of aromatic carboxylic acids is 1. The quantitative estimate of drug-likeness (QED) is 0.788. The molecule has 80 valence electrons. The molecule has 0 saturated carbocycles. The monoisotopic (exact) mass is 216 g/mol. The number of carbonyl (C=O) groups is 1. The first-order chi connectivity index (χ1) is 7.70. The van der Waals surface area contributed by atoms with Gasteiger partial charge >= 0.3 is 5.97 Å². The average molecular weight is 216 g/mol. The first-order valence-corrected chi connectivity index (χ1v) is 4.55. The molecule has 2 N–H and O–H groups in total. The molecule has 0 aliphatic carbocycles. The van der Waals surface area contributed by atoms with Gasteiger partial charge in [0, 0.05) is 24.2 Å². The standard InChI is InChI=1S/C11H8N2O3/c14-10-9(7-2-1-4-12-6-7)8(11(15)16)3-5-13-10/h1-6H,(H,13,14)(H,15,16). The summed E-state index contributed by atoms with van der Waals surface area (Å²) in [4.78, 5) is 28.9. The molecule has 0 aliphatic heterocycles. The minimum Gasteiger partial charge on any atom is -0.478 e. The third-order valence-corrected chi connectivity index (χ3v) is 2.14. The smallest absolute Gasteiger partial charge is 0.336 e. The Hall–Kier alpha value is -2.43. The first kappa shape index (κ1) is 10.1. The molecule has 0 aromatic carbocycles. The van der Waals surface area contributed by atoms with Gasteiger partial charge in [-0.25, -0.2) is 4.79 Å². The van der Waals surface area contributed by atoms with E-state index in [0.29, 0.717) is 5.56 Å². The van der Waals surface area contributed by atoms with Gasteiger partial charge in [-0.3, -0.25) is 9.78 Å². The van der Waals surface area contributed by atoms with Crippen LogP contribution in [0.3, 0.4) is 0 Å². The van der Waals surface area contributed by atoms with E-state index >= 15 is 0 Å². The molecule has 5 nitrogen and oxygen atoms in total. The zero-order valence-corrected chi connectivity index (χ0v) is 8.18. The molecule has 5 heteroatoms. The van der Waals surface area contributed by atoms with E-state index in [2.05, 4.69) is 9.97 Å². The van der Waals surface area contributed by atoms with Crippen LogP contribution in [0.25, 0.3) is 11.1 Å². The summed E-state index contributed by atoms with van der Waals surface area (Å²) in [6.45, 7) is 0. The summed E-state index contributed by atoms with van der Waals surface area (Å²) in [6, 6.07) is 4.64. The summed E-state index contributed by atoms with van der Waals surface area (Å²) in [7, 11) is 0. The van der Waals surface area contributed by atoms with Gasteiger partial charge in [0.2, 0.25) is 0 Å². The van der Waals surface area contributed by atoms with Crippen molar-refractivity contribution in [1.82, 2.24) is 9.97 Å². The SMILES string of the molecule is O=C(O)c1cc[nH]c(=O)c1-c1cccnc1. The van der Waals surface area contributed by atoms with Gasteiger partial charge in [0.25, 0.3) is 5.56 Å². The molecule has 0 amide bonds. The van der Waals surface area contributed by atoms with Crippen LogP contribution in [0.4, 0.5) is 0 Å². The fraction of sp³-hybridized carbons (Fsp3) is 0. The number of carboxylic acids is 1. The molecule has 0 unspecified atom stereocenters. The van der Waals surface area contributed by atoms with Gasteiger partial charge in [0.05, 0.1) is 11.1 Å². The predicted molar refractivity (Wildman–Crippen MR) is 57.3 cm³/mol. The van der Waals surface area contributed by atoms with Crippen molar-refractivity contribution in [3.8, 4) is 11.1 Å². The highest BCUT2D eigenvalue weighted by atomic mass is 16.4. The number of hydrogen-bond donors (Lipinski definition) is 2. The zero-order valence-electron chi connectivity index (χ0n) is 8.18. The number of aromatic amines is 1. The summed E-state index contributed by atoms with van der Waals surface area (Å²) < 4.78 is 0. The third-order valence-electron chi connectivity index (χ3n) is 2.14. The van der Waals surface area contributed by atoms with Crippen LogP contribution in [0.1, 0.15) is 10.4 Å².